The van der Waals surface area contributed by atoms with E-state index in [0.717, 1.165) is 15.9 Å². The van der Waals surface area contributed by atoms with Gasteiger partial charge in [0, 0.05) is 6.42 Å². The third-order valence-electron chi connectivity index (χ3n) is 3.76. The van der Waals surface area contributed by atoms with E-state index in [1.165, 1.54) is 43.4 Å². The molecule has 0 unspecified atom stereocenters. The van der Waals surface area contributed by atoms with Crippen molar-refractivity contribution < 1.29 is 4.92 Å². The highest BCUT2D eigenvalue weighted by molar-refractivity contribution is 7.16. The van der Waals surface area contributed by atoms with Crippen LogP contribution in [-0.2, 0) is 6.42 Å². The van der Waals surface area contributed by atoms with E-state index in [0.29, 0.717) is 10.9 Å². The molecular formula is C12H13ClN4O3S. The van der Waals surface area contributed by atoms with E-state index in [-0.39, 0.29) is 5.15 Å². The van der Waals surface area contributed by atoms with Crippen molar-refractivity contribution in [2.45, 2.75) is 38.5 Å². The number of aromatic nitrogens is 3. The molecule has 3 rings (SSSR count). The van der Waals surface area contributed by atoms with Gasteiger partial charge in [0.05, 0.1) is 4.92 Å². The number of rotatable bonds is 3. The summed E-state index contributed by atoms with van der Waals surface area (Å²) in [4.78, 5) is 26.3. The Bertz CT molecular complexity index is 751. The second-order valence-corrected chi connectivity index (χ2v) is 6.61. The molecule has 0 aliphatic heterocycles. The van der Waals surface area contributed by atoms with Crippen molar-refractivity contribution in [1.29, 1.82) is 0 Å². The van der Waals surface area contributed by atoms with Gasteiger partial charge in [-0.05, 0) is 5.92 Å². The Hall–Kier alpha value is -1.54. The number of nitro groups is 1. The van der Waals surface area contributed by atoms with Crippen LogP contribution in [0.1, 0.15) is 37.1 Å². The van der Waals surface area contributed by atoms with Gasteiger partial charge in [0.1, 0.15) is 5.01 Å². The second-order valence-electron chi connectivity index (χ2n) is 5.21. The Labute approximate surface area is 128 Å². The molecule has 2 aromatic heterocycles. The third-order valence-corrected chi connectivity index (χ3v) is 4.95. The van der Waals surface area contributed by atoms with E-state index in [2.05, 4.69) is 10.1 Å². The minimum atomic E-state index is -0.818. The molecule has 0 spiro atoms. The molecule has 1 aliphatic rings. The Morgan fingerprint density at radius 2 is 2.10 bits per heavy atom. The molecule has 21 heavy (non-hydrogen) atoms. The van der Waals surface area contributed by atoms with Gasteiger partial charge in [-0.3, -0.25) is 14.9 Å². The average molecular weight is 329 g/mol. The fourth-order valence-electron chi connectivity index (χ4n) is 2.73. The fraction of sp³-hybridized carbons (Fsp3) is 0.583. The van der Waals surface area contributed by atoms with E-state index >= 15 is 0 Å². The molecule has 0 radical (unpaired) electrons. The molecule has 0 atom stereocenters. The Kier molecular flexibility index (Phi) is 3.90. The van der Waals surface area contributed by atoms with Crippen molar-refractivity contribution in [2.24, 2.45) is 5.92 Å². The molecule has 1 fully saturated rings. The fourth-order valence-corrected chi connectivity index (χ4v) is 4.00. The lowest BCUT2D eigenvalue weighted by atomic mass is 9.87. The van der Waals surface area contributed by atoms with Gasteiger partial charge in [-0.15, -0.1) is 0 Å². The van der Waals surface area contributed by atoms with Crippen molar-refractivity contribution in [1.82, 2.24) is 14.6 Å². The minimum Gasteiger partial charge on any atom is -0.259 e. The SMILES string of the molecule is O=c1c([N+](=O)[O-])c(Cl)nc2sc(CC3CCCCC3)nn12. The van der Waals surface area contributed by atoms with Crippen LogP contribution in [0.4, 0.5) is 5.69 Å². The quantitative estimate of drug-likeness (QED) is 0.491. The van der Waals surface area contributed by atoms with Crippen LogP contribution in [0, 0.1) is 16.0 Å². The molecule has 7 nitrogen and oxygen atoms in total. The van der Waals surface area contributed by atoms with Crippen LogP contribution in [-0.4, -0.2) is 19.5 Å². The van der Waals surface area contributed by atoms with Gasteiger partial charge in [0.15, 0.2) is 0 Å². The normalized spacial score (nSPS) is 16.4. The molecule has 0 aromatic carbocycles. The van der Waals surface area contributed by atoms with E-state index in [1.54, 1.807) is 0 Å². The Morgan fingerprint density at radius 1 is 1.38 bits per heavy atom. The lowest BCUT2D eigenvalue weighted by Gasteiger charge is -2.19. The largest absolute Gasteiger partial charge is 0.372 e. The zero-order valence-electron chi connectivity index (χ0n) is 11.1. The topological polar surface area (TPSA) is 90.4 Å². The first-order valence-corrected chi connectivity index (χ1v) is 7.98. The van der Waals surface area contributed by atoms with Crippen molar-refractivity contribution >= 4 is 33.6 Å². The molecule has 0 N–H and O–H groups in total. The van der Waals surface area contributed by atoms with Crippen molar-refractivity contribution in [2.75, 3.05) is 0 Å². The van der Waals surface area contributed by atoms with Gasteiger partial charge in [0.25, 0.3) is 0 Å². The van der Waals surface area contributed by atoms with Crippen LogP contribution < -0.4 is 5.56 Å². The number of hydrogen-bond donors (Lipinski definition) is 0. The van der Waals surface area contributed by atoms with Crippen LogP contribution in [0.5, 0.6) is 0 Å². The number of nitrogens with zero attached hydrogens (tertiary/aromatic N) is 4. The first-order chi connectivity index (χ1) is 10.1. The molecule has 112 valence electrons. The molecule has 1 saturated carbocycles. The number of halogens is 1. The summed E-state index contributed by atoms with van der Waals surface area (Å²) in [5.41, 5.74) is -1.54. The van der Waals surface area contributed by atoms with Crippen LogP contribution in [0.25, 0.3) is 4.96 Å². The summed E-state index contributed by atoms with van der Waals surface area (Å²) in [6.07, 6.45) is 6.85. The monoisotopic (exact) mass is 328 g/mol. The van der Waals surface area contributed by atoms with Crippen LogP contribution in [0.2, 0.25) is 5.15 Å². The molecule has 1 aliphatic carbocycles. The summed E-state index contributed by atoms with van der Waals surface area (Å²) in [6.45, 7) is 0. The molecule has 9 heteroatoms. The van der Waals surface area contributed by atoms with E-state index < -0.39 is 16.2 Å². The highest BCUT2D eigenvalue weighted by Gasteiger charge is 2.25. The van der Waals surface area contributed by atoms with E-state index in [1.807, 2.05) is 0 Å². The van der Waals surface area contributed by atoms with Gasteiger partial charge >= 0.3 is 11.2 Å². The molecule has 2 heterocycles. The van der Waals surface area contributed by atoms with Crippen molar-refractivity contribution in [3.05, 3.63) is 30.6 Å². The van der Waals surface area contributed by atoms with Gasteiger partial charge in [-0.2, -0.15) is 14.6 Å². The van der Waals surface area contributed by atoms with Crippen LogP contribution in [0.15, 0.2) is 4.79 Å². The van der Waals surface area contributed by atoms with E-state index in [4.69, 9.17) is 11.6 Å². The van der Waals surface area contributed by atoms with Crippen LogP contribution in [0.3, 0.4) is 0 Å². The summed E-state index contributed by atoms with van der Waals surface area (Å²) < 4.78 is 0.993. The summed E-state index contributed by atoms with van der Waals surface area (Å²) >= 11 is 6.99. The lowest BCUT2D eigenvalue weighted by molar-refractivity contribution is -0.386. The van der Waals surface area contributed by atoms with Gasteiger partial charge < -0.3 is 0 Å². The number of hydrogen-bond acceptors (Lipinski definition) is 6. The van der Waals surface area contributed by atoms with Gasteiger partial charge in [-0.25, -0.2) is 0 Å². The molecule has 0 saturated heterocycles. The second kappa shape index (κ2) is 5.69. The average Bonchev–Trinajstić information content (AvgIpc) is 2.82. The maximum absolute atomic E-state index is 12.0. The zero-order valence-corrected chi connectivity index (χ0v) is 12.7. The van der Waals surface area contributed by atoms with Crippen LogP contribution >= 0.6 is 22.9 Å². The highest BCUT2D eigenvalue weighted by Crippen LogP contribution is 2.28. The maximum atomic E-state index is 12.0. The predicted molar refractivity (Wildman–Crippen MR) is 79.1 cm³/mol. The smallest absolute Gasteiger partial charge is 0.259 e. The first kappa shape index (κ1) is 14.4. The highest BCUT2D eigenvalue weighted by atomic mass is 35.5. The molecule has 2 aromatic rings. The third kappa shape index (κ3) is 2.77. The molecule has 0 bridgehead atoms. The van der Waals surface area contributed by atoms with Gasteiger partial charge in [-0.1, -0.05) is 55.0 Å². The first-order valence-electron chi connectivity index (χ1n) is 6.79. The zero-order chi connectivity index (χ0) is 15.0. The molecule has 0 amide bonds. The predicted octanol–water partition coefficient (Wildman–Crippen LogP) is 2.84. The summed E-state index contributed by atoms with van der Waals surface area (Å²) in [6, 6.07) is 0. The van der Waals surface area contributed by atoms with Gasteiger partial charge in [0.2, 0.25) is 10.1 Å². The molecular weight excluding hydrogens is 316 g/mol. The van der Waals surface area contributed by atoms with Crippen molar-refractivity contribution in [3.63, 3.8) is 0 Å². The summed E-state index contributed by atoms with van der Waals surface area (Å²) in [5.74, 6) is 0.570. The summed E-state index contributed by atoms with van der Waals surface area (Å²) in [5, 5.41) is 15.4. The van der Waals surface area contributed by atoms with E-state index in [9.17, 15) is 14.9 Å². The summed E-state index contributed by atoms with van der Waals surface area (Å²) in [7, 11) is 0. The van der Waals surface area contributed by atoms with Crippen molar-refractivity contribution in [3.8, 4) is 0 Å². The maximum Gasteiger partial charge on any atom is 0.372 e. The Balaban J connectivity index is 1.98. The standard InChI is InChI=1S/C12H13ClN4O3S/c13-10-9(17(19)20)11(18)16-12(14-10)21-8(15-16)6-7-4-2-1-3-5-7/h7H,1-6H2. The number of fused-ring (bicyclic) bond motifs is 1. The Morgan fingerprint density at radius 3 is 2.76 bits per heavy atom. The lowest BCUT2D eigenvalue weighted by Crippen LogP contribution is -2.19. The minimum absolute atomic E-state index is 0.307.